The van der Waals surface area contributed by atoms with E-state index in [0.717, 1.165) is 16.3 Å². The van der Waals surface area contributed by atoms with Crippen LogP contribution in [0.1, 0.15) is 5.56 Å². The fourth-order valence-corrected chi connectivity index (χ4v) is 2.14. The van der Waals surface area contributed by atoms with Crippen LogP contribution in [0.3, 0.4) is 0 Å². The Hall–Kier alpha value is -0.543. The molecule has 1 nitrogen and oxygen atoms in total. The summed E-state index contributed by atoms with van der Waals surface area (Å²) in [5.41, 5.74) is 0.805. The molecular formula is C11H10Cl2OSi. The number of benzene rings is 2. The highest BCUT2D eigenvalue weighted by Crippen LogP contribution is 2.38. The summed E-state index contributed by atoms with van der Waals surface area (Å²) in [6.07, 6.45) is 0. The van der Waals surface area contributed by atoms with Crippen molar-refractivity contribution in [1.82, 2.24) is 0 Å². The molecule has 0 spiro atoms. The lowest BCUT2D eigenvalue weighted by molar-refractivity contribution is 0.274. The standard InChI is InChI=1S/C11H10Cl2OSi/c12-11(13,14-15)10-7-3-5-8-4-1-2-6-9(8)10/h1-7H,15H3. The first-order valence-electron chi connectivity index (χ1n) is 4.56. The maximum absolute atomic E-state index is 6.10. The van der Waals surface area contributed by atoms with Crippen LogP contribution in [0.25, 0.3) is 10.8 Å². The highest BCUT2D eigenvalue weighted by molar-refractivity contribution is 6.48. The van der Waals surface area contributed by atoms with Gasteiger partial charge >= 0.3 is 0 Å². The Morgan fingerprint density at radius 3 is 2.40 bits per heavy atom. The zero-order valence-corrected chi connectivity index (χ0v) is 11.7. The summed E-state index contributed by atoms with van der Waals surface area (Å²) in [6.45, 7) is 0. The minimum Gasteiger partial charge on any atom is -0.395 e. The molecule has 0 heterocycles. The van der Waals surface area contributed by atoms with Crippen LogP contribution in [0.4, 0.5) is 0 Å². The van der Waals surface area contributed by atoms with Crippen molar-refractivity contribution in [3.05, 3.63) is 48.0 Å². The Bertz CT molecular complexity index is 479. The molecule has 0 amide bonds. The van der Waals surface area contributed by atoms with Crippen molar-refractivity contribution >= 4 is 44.5 Å². The zero-order chi connectivity index (χ0) is 10.9. The molecule has 0 aromatic heterocycles. The summed E-state index contributed by atoms with van der Waals surface area (Å²) < 4.78 is 3.97. The third kappa shape index (κ3) is 2.04. The minimum atomic E-state index is -1.23. The highest BCUT2D eigenvalue weighted by Gasteiger charge is 2.26. The second-order valence-corrected chi connectivity index (χ2v) is 4.91. The quantitative estimate of drug-likeness (QED) is 0.593. The molecule has 0 aliphatic heterocycles. The monoisotopic (exact) mass is 256 g/mol. The van der Waals surface area contributed by atoms with E-state index >= 15 is 0 Å². The smallest absolute Gasteiger partial charge is 0.234 e. The summed E-state index contributed by atoms with van der Waals surface area (Å²) in [7, 11) is 0.494. The molecular weight excluding hydrogens is 247 g/mol. The van der Waals surface area contributed by atoms with Crippen molar-refractivity contribution in [3.63, 3.8) is 0 Å². The SMILES string of the molecule is [SiH3]OC(Cl)(Cl)c1cccc2ccccc12. The molecule has 4 heteroatoms. The largest absolute Gasteiger partial charge is 0.395 e. The molecule has 0 bridgehead atoms. The lowest BCUT2D eigenvalue weighted by Crippen LogP contribution is -2.13. The van der Waals surface area contributed by atoms with Crippen molar-refractivity contribution in [2.75, 3.05) is 0 Å². The first kappa shape index (κ1) is 11.0. The van der Waals surface area contributed by atoms with Gasteiger partial charge in [0.2, 0.25) is 4.52 Å². The van der Waals surface area contributed by atoms with Crippen LogP contribution in [0.5, 0.6) is 0 Å². The van der Waals surface area contributed by atoms with Gasteiger partial charge in [-0.15, -0.1) is 0 Å². The van der Waals surface area contributed by atoms with Crippen molar-refractivity contribution in [3.8, 4) is 0 Å². The Balaban J connectivity index is 2.71. The van der Waals surface area contributed by atoms with Crippen molar-refractivity contribution < 1.29 is 4.43 Å². The van der Waals surface area contributed by atoms with Crippen LogP contribution in [0.2, 0.25) is 0 Å². The summed E-state index contributed by atoms with van der Waals surface area (Å²) in [6, 6.07) is 13.8. The van der Waals surface area contributed by atoms with E-state index in [4.69, 9.17) is 27.6 Å². The summed E-state index contributed by atoms with van der Waals surface area (Å²) in [5, 5.41) is 2.14. The van der Waals surface area contributed by atoms with Crippen molar-refractivity contribution in [1.29, 1.82) is 0 Å². The molecule has 0 fully saturated rings. The van der Waals surface area contributed by atoms with Crippen LogP contribution >= 0.6 is 23.2 Å². The van der Waals surface area contributed by atoms with E-state index in [0.29, 0.717) is 10.5 Å². The first-order chi connectivity index (χ1) is 7.15. The Kier molecular flexibility index (Phi) is 3.02. The number of hydrogen-bond donors (Lipinski definition) is 0. The van der Waals surface area contributed by atoms with Crippen LogP contribution in [-0.2, 0) is 8.95 Å². The maximum Gasteiger partial charge on any atom is 0.234 e. The minimum absolute atomic E-state index is 0.494. The summed E-state index contributed by atoms with van der Waals surface area (Å²) in [5.74, 6) is 0. The zero-order valence-electron chi connectivity index (χ0n) is 8.21. The van der Waals surface area contributed by atoms with Gasteiger partial charge in [0.25, 0.3) is 0 Å². The lowest BCUT2D eigenvalue weighted by Gasteiger charge is -2.20. The van der Waals surface area contributed by atoms with Crippen LogP contribution in [0, 0.1) is 0 Å². The number of halogens is 2. The van der Waals surface area contributed by atoms with Gasteiger partial charge in [-0.05, 0) is 10.8 Å². The van der Waals surface area contributed by atoms with E-state index in [1.165, 1.54) is 0 Å². The van der Waals surface area contributed by atoms with Gasteiger partial charge in [0, 0.05) is 5.56 Å². The molecule has 0 aliphatic carbocycles. The lowest BCUT2D eigenvalue weighted by atomic mass is 10.1. The van der Waals surface area contributed by atoms with E-state index < -0.39 is 4.52 Å². The topological polar surface area (TPSA) is 9.23 Å². The molecule has 78 valence electrons. The number of fused-ring (bicyclic) bond motifs is 1. The predicted molar refractivity (Wildman–Crippen MR) is 68.4 cm³/mol. The maximum atomic E-state index is 6.10. The Morgan fingerprint density at radius 1 is 1.00 bits per heavy atom. The molecule has 0 atom stereocenters. The molecule has 2 aromatic carbocycles. The molecule has 0 N–H and O–H groups in total. The van der Waals surface area contributed by atoms with Gasteiger partial charge in [-0.3, -0.25) is 0 Å². The highest BCUT2D eigenvalue weighted by atomic mass is 35.5. The third-order valence-electron chi connectivity index (χ3n) is 2.36. The molecule has 0 radical (unpaired) electrons. The van der Waals surface area contributed by atoms with Gasteiger partial charge in [-0.25, -0.2) is 0 Å². The van der Waals surface area contributed by atoms with Crippen molar-refractivity contribution in [2.24, 2.45) is 0 Å². The van der Waals surface area contributed by atoms with Crippen LogP contribution in [0.15, 0.2) is 42.5 Å². The van der Waals surface area contributed by atoms with E-state index in [1.807, 2.05) is 42.5 Å². The Morgan fingerprint density at radius 2 is 1.67 bits per heavy atom. The van der Waals surface area contributed by atoms with Gasteiger partial charge in [-0.1, -0.05) is 65.7 Å². The third-order valence-corrected chi connectivity index (χ3v) is 4.21. The fourth-order valence-electron chi connectivity index (χ4n) is 1.59. The van der Waals surface area contributed by atoms with E-state index in [1.54, 1.807) is 0 Å². The summed E-state index contributed by atoms with van der Waals surface area (Å²) in [4.78, 5) is 0. The second kappa shape index (κ2) is 4.14. The number of alkyl halides is 2. The van der Waals surface area contributed by atoms with Gasteiger partial charge in [0.05, 0.1) is 0 Å². The molecule has 0 aliphatic rings. The molecule has 0 saturated carbocycles. The molecule has 2 aromatic rings. The molecule has 2 rings (SSSR count). The molecule has 0 saturated heterocycles. The summed E-state index contributed by atoms with van der Waals surface area (Å²) >= 11 is 12.2. The first-order valence-corrected chi connectivity index (χ1v) is 6.13. The van der Waals surface area contributed by atoms with Gasteiger partial charge < -0.3 is 4.43 Å². The average molecular weight is 257 g/mol. The van der Waals surface area contributed by atoms with Gasteiger partial charge in [0.1, 0.15) is 10.5 Å². The van der Waals surface area contributed by atoms with E-state index in [-0.39, 0.29) is 0 Å². The average Bonchev–Trinajstić information content (AvgIpc) is 2.28. The number of hydrogen-bond acceptors (Lipinski definition) is 1. The molecule has 15 heavy (non-hydrogen) atoms. The van der Waals surface area contributed by atoms with Crippen LogP contribution < -0.4 is 0 Å². The Labute approximate surface area is 101 Å². The molecule has 0 unspecified atom stereocenters. The number of rotatable bonds is 2. The second-order valence-electron chi connectivity index (χ2n) is 3.25. The van der Waals surface area contributed by atoms with E-state index in [2.05, 4.69) is 0 Å². The van der Waals surface area contributed by atoms with Crippen LogP contribution in [-0.4, -0.2) is 10.5 Å². The van der Waals surface area contributed by atoms with Crippen molar-refractivity contribution in [2.45, 2.75) is 4.52 Å². The fraction of sp³-hybridized carbons (Fsp3) is 0.0909. The van der Waals surface area contributed by atoms with Gasteiger partial charge in [0.15, 0.2) is 0 Å². The predicted octanol–water partition coefficient (Wildman–Crippen LogP) is 2.72. The van der Waals surface area contributed by atoms with Gasteiger partial charge in [-0.2, -0.15) is 0 Å². The normalized spacial score (nSPS) is 12.1. The van der Waals surface area contributed by atoms with E-state index in [9.17, 15) is 0 Å².